The first kappa shape index (κ1) is 32.8. The summed E-state index contributed by atoms with van der Waals surface area (Å²) in [7, 11) is 5.91. The van der Waals surface area contributed by atoms with Gasteiger partial charge in [-0.05, 0) is 59.7 Å². The molecule has 11 heteroatoms. The van der Waals surface area contributed by atoms with E-state index in [1.807, 2.05) is 18.2 Å². The van der Waals surface area contributed by atoms with Gasteiger partial charge in [0, 0.05) is 25.5 Å². The quantitative estimate of drug-likeness (QED) is 0.202. The highest BCUT2D eigenvalue weighted by atomic mass is 16.5. The molecule has 238 valence electrons. The number of carbonyl (C=O) groups excluding carboxylic acids is 3. The van der Waals surface area contributed by atoms with Crippen LogP contribution in [0.4, 0.5) is 5.69 Å². The van der Waals surface area contributed by atoms with Crippen LogP contribution in [0.25, 0.3) is 11.1 Å². The second-order valence-corrected chi connectivity index (χ2v) is 10.6. The Morgan fingerprint density at radius 2 is 1.67 bits per heavy atom. The van der Waals surface area contributed by atoms with Crippen molar-refractivity contribution in [3.05, 3.63) is 81.5 Å². The molecule has 0 saturated heterocycles. The largest absolute Gasteiger partial charge is 0.493 e. The molecule has 1 aliphatic rings. The standard InChI is InChI=1S/C34H39N3O8/c1-20(38)36-25-15-13-22-18-28(42-2)32(43-3)33(44-4)30(22)23-14-16-26(27(39)19-24(23)25)35-17-9-12-29(40)37-31(34(41)45-5)21-10-7-6-8-11-21/h6-8,10-11,14,16,18-19,25,31H,9,12-13,15,17H2,1-5H3,(H,35,39)(H,36,38)(H,37,40)/t25-,31-/m1/s1. The molecule has 0 spiro atoms. The number of benzene rings is 2. The van der Waals surface area contributed by atoms with Crippen LogP contribution < -0.4 is 35.6 Å². The number of methoxy groups -OCH3 is 4. The van der Waals surface area contributed by atoms with Crippen molar-refractivity contribution in [3.8, 4) is 28.4 Å². The molecule has 1 aliphatic carbocycles. The zero-order valence-corrected chi connectivity index (χ0v) is 26.2. The van der Waals surface area contributed by atoms with Crippen LogP contribution in [-0.2, 0) is 25.5 Å². The van der Waals surface area contributed by atoms with E-state index in [1.165, 1.54) is 27.2 Å². The highest BCUT2D eigenvalue weighted by molar-refractivity contribution is 5.86. The summed E-state index contributed by atoms with van der Waals surface area (Å²) in [5.74, 6) is 0.315. The van der Waals surface area contributed by atoms with Crippen molar-refractivity contribution in [3.63, 3.8) is 0 Å². The Hall–Kier alpha value is -5.06. The second-order valence-electron chi connectivity index (χ2n) is 10.6. The Bertz CT molecular complexity index is 1610. The number of anilines is 1. The number of fused-ring (bicyclic) bond motifs is 3. The predicted molar refractivity (Wildman–Crippen MR) is 170 cm³/mol. The maximum absolute atomic E-state index is 13.5. The molecule has 0 aromatic heterocycles. The number of amides is 2. The topological polar surface area (TPSA) is 141 Å². The number of nitrogens with one attached hydrogen (secondary N) is 3. The summed E-state index contributed by atoms with van der Waals surface area (Å²) in [6.07, 6.45) is 1.66. The van der Waals surface area contributed by atoms with Gasteiger partial charge >= 0.3 is 5.97 Å². The van der Waals surface area contributed by atoms with E-state index in [9.17, 15) is 19.2 Å². The molecule has 0 heterocycles. The van der Waals surface area contributed by atoms with Crippen LogP contribution in [-0.4, -0.2) is 52.8 Å². The normalized spacial score (nSPS) is 14.0. The minimum Gasteiger partial charge on any atom is -0.493 e. The highest BCUT2D eigenvalue weighted by Crippen LogP contribution is 2.50. The summed E-state index contributed by atoms with van der Waals surface area (Å²) >= 11 is 0. The second kappa shape index (κ2) is 15.1. The van der Waals surface area contributed by atoms with Gasteiger partial charge in [0.15, 0.2) is 17.5 Å². The number of aryl methyl sites for hydroxylation is 1. The fourth-order valence-corrected chi connectivity index (χ4v) is 5.60. The third-order valence-electron chi connectivity index (χ3n) is 7.69. The van der Waals surface area contributed by atoms with E-state index in [0.717, 1.165) is 16.7 Å². The van der Waals surface area contributed by atoms with Crippen molar-refractivity contribution >= 4 is 23.5 Å². The third-order valence-corrected chi connectivity index (χ3v) is 7.69. The molecule has 0 radical (unpaired) electrons. The first-order chi connectivity index (χ1) is 21.7. The van der Waals surface area contributed by atoms with Crippen LogP contribution in [0.2, 0.25) is 0 Å². The minimum atomic E-state index is -0.913. The maximum atomic E-state index is 13.5. The molecule has 2 amide bonds. The molecule has 3 aromatic rings. The molecule has 0 unspecified atom stereocenters. The average Bonchev–Trinajstić information content (AvgIpc) is 3.29. The fraction of sp³-hybridized carbons (Fsp3) is 0.353. The molecule has 3 aromatic carbocycles. The molecule has 0 fully saturated rings. The van der Waals surface area contributed by atoms with Crippen molar-refractivity contribution < 1.29 is 33.3 Å². The van der Waals surface area contributed by atoms with Crippen molar-refractivity contribution in [2.75, 3.05) is 40.3 Å². The summed E-state index contributed by atoms with van der Waals surface area (Å²) in [6.45, 7) is 1.77. The van der Waals surface area contributed by atoms with Gasteiger partial charge in [-0.2, -0.15) is 0 Å². The highest BCUT2D eigenvalue weighted by Gasteiger charge is 2.29. The van der Waals surface area contributed by atoms with E-state index >= 15 is 0 Å². The molecule has 4 rings (SSSR count). The molecular weight excluding hydrogens is 578 g/mol. The van der Waals surface area contributed by atoms with Gasteiger partial charge < -0.3 is 34.9 Å². The van der Waals surface area contributed by atoms with Crippen LogP contribution in [0.3, 0.4) is 0 Å². The van der Waals surface area contributed by atoms with E-state index in [1.54, 1.807) is 44.6 Å². The number of ether oxygens (including phenoxy) is 4. The summed E-state index contributed by atoms with van der Waals surface area (Å²) in [6, 6.07) is 14.5. The van der Waals surface area contributed by atoms with Crippen LogP contribution in [0, 0.1) is 0 Å². The summed E-state index contributed by atoms with van der Waals surface area (Å²) < 4.78 is 21.9. The Morgan fingerprint density at radius 1 is 0.933 bits per heavy atom. The fourth-order valence-electron chi connectivity index (χ4n) is 5.60. The van der Waals surface area contributed by atoms with Crippen LogP contribution in [0.5, 0.6) is 17.2 Å². The summed E-state index contributed by atoms with van der Waals surface area (Å²) in [5.41, 5.74) is 3.75. The Balaban J connectivity index is 1.58. The number of hydrogen-bond donors (Lipinski definition) is 3. The van der Waals surface area contributed by atoms with Gasteiger partial charge in [0.1, 0.15) is 0 Å². The molecule has 2 atom stereocenters. The molecule has 0 bridgehead atoms. The van der Waals surface area contributed by atoms with E-state index in [4.69, 9.17) is 18.9 Å². The minimum absolute atomic E-state index is 0.119. The maximum Gasteiger partial charge on any atom is 0.333 e. The summed E-state index contributed by atoms with van der Waals surface area (Å²) in [5, 5.41) is 8.87. The Morgan fingerprint density at radius 3 is 2.31 bits per heavy atom. The van der Waals surface area contributed by atoms with Gasteiger partial charge in [0.2, 0.25) is 23.0 Å². The lowest BCUT2D eigenvalue weighted by Crippen LogP contribution is -2.34. The zero-order chi connectivity index (χ0) is 32.5. The van der Waals surface area contributed by atoms with Crippen molar-refractivity contribution in [2.45, 2.75) is 44.7 Å². The van der Waals surface area contributed by atoms with Crippen LogP contribution in [0.15, 0.2) is 59.4 Å². The lowest BCUT2D eigenvalue weighted by atomic mass is 9.95. The van der Waals surface area contributed by atoms with Gasteiger partial charge in [-0.15, -0.1) is 0 Å². The smallest absolute Gasteiger partial charge is 0.333 e. The molecular formula is C34H39N3O8. The van der Waals surface area contributed by atoms with Crippen molar-refractivity contribution in [2.24, 2.45) is 0 Å². The van der Waals surface area contributed by atoms with Gasteiger partial charge in [0.05, 0.1) is 40.2 Å². The molecule has 0 aliphatic heterocycles. The lowest BCUT2D eigenvalue weighted by Gasteiger charge is -2.19. The van der Waals surface area contributed by atoms with Crippen LogP contribution >= 0.6 is 0 Å². The van der Waals surface area contributed by atoms with E-state index < -0.39 is 18.1 Å². The summed E-state index contributed by atoms with van der Waals surface area (Å²) in [4.78, 5) is 50.7. The average molecular weight is 618 g/mol. The van der Waals surface area contributed by atoms with E-state index in [2.05, 4.69) is 16.0 Å². The number of carbonyl (C=O) groups is 3. The first-order valence-corrected chi connectivity index (χ1v) is 14.7. The Kier molecular flexibility index (Phi) is 11.0. The van der Waals surface area contributed by atoms with Gasteiger partial charge in [-0.25, -0.2) is 4.79 Å². The van der Waals surface area contributed by atoms with Crippen molar-refractivity contribution in [1.82, 2.24) is 10.6 Å². The lowest BCUT2D eigenvalue weighted by molar-refractivity contribution is -0.145. The monoisotopic (exact) mass is 617 g/mol. The molecule has 0 saturated carbocycles. The zero-order valence-electron chi connectivity index (χ0n) is 26.2. The number of rotatable bonds is 12. The number of esters is 1. The third kappa shape index (κ3) is 7.54. The SMILES string of the molecule is COC(=O)[C@H](NC(=O)CCCNc1ccc2c(cc1=O)[C@H](NC(C)=O)CCc1cc(OC)c(OC)c(OC)c1-2)c1ccccc1. The Labute approximate surface area is 262 Å². The molecule has 3 N–H and O–H groups in total. The molecule has 45 heavy (non-hydrogen) atoms. The van der Waals surface area contributed by atoms with Crippen molar-refractivity contribution in [1.29, 1.82) is 0 Å². The number of hydrogen-bond acceptors (Lipinski definition) is 9. The van der Waals surface area contributed by atoms with Crippen LogP contribution in [0.1, 0.15) is 55.0 Å². The first-order valence-electron chi connectivity index (χ1n) is 14.7. The van der Waals surface area contributed by atoms with Gasteiger partial charge in [-0.1, -0.05) is 36.4 Å². The van der Waals surface area contributed by atoms with E-state index in [0.29, 0.717) is 59.9 Å². The van der Waals surface area contributed by atoms with Gasteiger partial charge in [0.25, 0.3) is 0 Å². The van der Waals surface area contributed by atoms with E-state index in [-0.39, 0.29) is 23.7 Å². The molecule has 11 nitrogen and oxygen atoms in total. The van der Waals surface area contributed by atoms with Gasteiger partial charge in [-0.3, -0.25) is 14.4 Å². The predicted octanol–water partition coefficient (Wildman–Crippen LogP) is 4.09.